The van der Waals surface area contributed by atoms with Gasteiger partial charge in [0.05, 0.1) is 6.54 Å². The Balaban J connectivity index is 1.66. The molecule has 118 valence electrons. The van der Waals surface area contributed by atoms with Gasteiger partial charge in [-0.15, -0.1) is 0 Å². The molecule has 2 N–H and O–H groups in total. The third-order valence-corrected chi connectivity index (χ3v) is 3.96. The predicted octanol–water partition coefficient (Wildman–Crippen LogP) is 1.39. The number of carbonyl (C=O) groups excluding carboxylic acids is 1. The minimum Gasteiger partial charge on any atom is -0.447 e. The second-order valence-corrected chi connectivity index (χ2v) is 5.65. The van der Waals surface area contributed by atoms with Crippen LogP contribution in [0.5, 0.6) is 0 Å². The number of amides is 1. The van der Waals surface area contributed by atoms with Crippen LogP contribution < -0.4 is 10.6 Å². The molecule has 1 atom stereocenters. The lowest BCUT2D eigenvalue weighted by molar-refractivity contribution is 0.0944. The van der Waals surface area contributed by atoms with Gasteiger partial charge in [0.15, 0.2) is 5.69 Å². The Kier molecular flexibility index (Phi) is 6.20. The summed E-state index contributed by atoms with van der Waals surface area (Å²) in [6, 6.07) is 0.675. The predicted molar refractivity (Wildman–Crippen MR) is 81.1 cm³/mol. The largest absolute Gasteiger partial charge is 0.447 e. The number of piperidine rings is 1. The van der Waals surface area contributed by atoms with Gasteiger partial charge in [-0.25, -0.2) is 4.98 Å². The summed E-state index contributed by atoms with van der Waals surface area (Å²) in [5.41, 5.74) is 0.353. The van der Waals surface area contributed by atoms with Crippen molar-refractivity contribution in [1.82, 2.24) is 20.5 Å². The molecule has 1 aliphatic heterocycles. The van der Waals surface area contributed by atoms with Gasteiger partial charge in [0.25, 0.3) is 5.91 Å². The number of rotatable bonds is 7. The van der Waals surface area contributed by atoms with Crippen molar-refractivity contribution in [3.05, 3.63) is 17.8 Å². The normalized spacial score (nSPS) is 19.6. The zero-order chi connectivity index (χ0) is 15.1. The van der Waals surface area contributed by atoms with Gasteiger partial charge in [0.2, 0.25) is 5.89 Å². The zero-order valence-electron chi connectivity index (χ0n) is 13.0. The lowest BCUT2D eigenvalue weighted by Gasteiger charge is -2.33. The fourth-order valence-electron chi connectivity index (χ4n) is 2.71. The second kappa shape index (κ2) is 8.14. The van der Waals surface area contributed by atoms with E-state index < -0.39 is 0 Å². The van der Waals surface area contributed by atoms with Crippen molar-refractivity contribution in [2.75, 3.05) is 26.7 Å². The summed E-state index contributed by atoms with van der Waals surface area (Å²) in [5.74, 6) is 0.373. The molecule has 1 saturated heterocycles. The third kappa shape index (κ3) is 4.82. The number of aromatic nitrogens is 1. The molecule has 0 spiro atoms. The highest BCUT2D eigenvalue weighted by molar-refractivity contribution is 5.91. The van der Waals surface area contributed by atoms with Crippen molar-refractivity contribution in [3.63, 3.8) is 0 Å². The topological polar surface area (TPSA) is 70.4 Å². The number of likely N-dealkylation sites (tertiary alicyclic amines) is 1. The van der Waals surface area contributed by atoms with Crippen LogP contribution in [-0.2, 0) is 6.54 Å². The number of hydrogen-bond acceptors (Lipinski definition) is 5. The maximum Gasteiger partial charge on any atom is 0.273 e. The number of nitrogens with one attached hydrogen (secondary N) is 2. The fourth-order valence-corrected chi connectivity index (χ4v) is 2.71. The Labute approximate surface area is 126 Å². The molecule has 21 heavy (non-hydrogen) atoms. The number of carbonyl (C=O) groups is 1. The van der Waals surface area contributed by atoms with E-state index in [4.69, 9.17) is 4.42 Å². The van der Waals surface area contributed by atoms with Crippen molar-refractivity contribution in [1.29, 1.82) is 0 Å². The molecule has 0 aromatic carbocycles. The summed E-state index contributed by atoms with van der Waals surface area (Å²) in [6.07, 6.45) is 6.31. The minimum absolute atomic E-state index is 0.159. The molecule has 1 aliphatic rings. The standard InChI is InChI=1S/C15H26N4O2/c1-12-6-3-4-8-19(12)9-5-7-17-15(20)13-11-21-14(18-13)10-16-2/h11-12,16H,3-10H2,1-2H3,(H,17,20). The van der Waals surface area contributed by atoms with E-state index in [1.807, 2.05) is 7.05 Å². The molecule has 0 aliphatic carbocycles. The highest BCUT2D eigenvalue weighted by atomic mass is 16.3. The van der Waals surface area contributed by atoms with Gasteiger partial charge in [-0.3, -0.25) is 4.79 Å². The molecule has 1 aromatic rings. The van der Waals surface area contributed by atoms with Crippen molar-refractivity contribution in [2.24, 2.45) is 0 Å². The average Bonchev–Trinajstić information content (AvgIpc) is 2.94. The van der Waals surface area contributed by atoms with Crippen molar-refractivity contribution >= 4 is 5.91 Å². The monoisotopic (exact) mass is 294 g/mol. The molecule has 6 nitrogen and oxygen atoms in total. The maximum absolute atomic E-state index is 11.9. The van der Waals surface area contributed by atoms with E-state index >= 15 is 0 Å². The van der Waals surface area contributed by atoms with E-state index in [9.17, 15) is 4.79 Å². The van der Waals surface area contributed by atoms with Crippen LogP contribution in [0.15, 0.2) is 10.7 Å². The average molecular weight is 294 g/mol. The first-order valence-electron chi connectivity index (χ1n) is 7.82. The highest BCUT2D eigenvalue weighted by Crippen LogP contribution is 2.16. The summed E-state index contributed by atoms with van der Waals surface area (Å²) >= 11 is 0. The maximum atomic E-state index is 11.9. The van der Waals surface area contributed by atoms with E-state index in [0.717, 1.165) is 13.0 Å². The SMILES string of the molecule is CNCc1nc(C(=O)NCCCN2CCCCC2C)co1. The van der Waals surface area contributed by atoms with Crippen LogP contribution in [-0.4, -0.2) is 48.5 Å². The molecule has 1 fully saturated rings. The number of hydrogen-bond donors (Lipinski definition) is 2. The molecule has 0 radical (unpaired) electrons. The Morgan fingerprint density at radius 3 is 3.14 bits per heavy atom. The van der Waals surface area contributed by atoms with Crippen LogP contribution in [0.1, 0.15) is 49.0 Å². The van der Waals surface area contributed by atoms with Gasteiger partial charge in [0, 0.05) is 19.1 Å². The minimum atomic E-state index is -0.159. The van der Waals surface area contributed by atoms with Gasteiger partial charge in [-0.05, 0) is 39.8 Å². The van der Waals surface area contributed by atoms with Gasteiger partial charge < -0.3 is 20.0 Å². The van der Waals surface area contributed by atoms with E-state index in [1.165, 1.54) is 32.1 Å². The number of nitrogens with zero attached hydrogens (tertiary/aromatic N) is 2. The fraction of sp³-hybridized carbons (Fsp3) is 0.733. The van der Waals surface area contributed by atoms with Crippen molar-refractivity contribution in [2.45, 2.75) is 45.2 Å². The van der Waals surface area contributed by atoms with Gasteiger partial charge in [-0.1, -0.05) is 6.42 Å². The lowest BCUT2D eigenvalue weighted by atomic mass is 10.0. The molecule has 1 aromatic heterocycles. The quantitative estimate of drug-likeness (QED) is 0.744. The van der Waals surface area contributed by atoms with Gasteiger partial charge in [-0.2, -0.15) is 0 Å². The zero-order valence-corrected chi connectivity index (χ0v) is 13.0. The van der Waals surface area contributed by atoms with E-state index in [-0.39, 0.29) is 5.91 Å². The molecule has 0 bridgehead atoms. The molecular formula is C15H26N4O2. The van der Waals surface area contributed by atoms with Crippen LogP contribution in [0, 0.1) is 0 Å². The lowest BCUT2D eigenvalue weighted by Crippen LogP contribution is -2.39. The Hall–Kier alpha value is -1.40. The second-order valence-electron chi connectivity index (χ2n) is 5.65. The smallest absolute Gasteiger partial charge is 0.273 e. The van der Waals surface area contributed by atoms with Crippen LogP contribution in [0.2, 0.25) is 0 Å². The molecule has 2 heterocycles. The molecule has 0 saturated carbocycles. The van der Waals surface area contributed by atoms with E-state index in [2.05, 4.69) is 27.4 Å². The van der Waals surface area contributed by atoms with Crippen molar-refractivity contribution in [3.8, 4) is 0 Å². The van der Waals surface area contributed by atoms with Crippen LogP contribution in [0.4, 0.5) is 0 Å². The van der Waals surface area contributed by atoms with Crippen LogP contribution in [0.3, 0.4) is 0 Å². The molecule has 1 unspecified atom stereocenters. The summed E-state index contributed by atoms with van der Waals surface area (Å²) < 4.78 is 5.20. The highest BCUT2D eigenvalue weighted by Gasteiger charge is 2.17. The summed E-state index contributed by atoms with van der Waals surface area (Å²) in [6.45, 7) is 5.73. The first-order chi connectivity index (χ1) is 10.2. The molecule has 2 rings (SSSR count). The van der Waals surface area contributed by atoms with Gasteiger partial charge >= 0.3 is 0 Å². The Bertz CT molecular complexity index is 447. The van der Waals surface area contributed by atoms with E-state index in [0.29, 0.717) is 30.7 Å². The first kappa shape index (κ1) is 16.0. The van der Waals surface area contributed by atoms with Crippen LogP contribution >= 0.6 is 0 Å². The summed E-state index contributed by atoms with van der Waals surface area (Å²) in [4.78, 5) is 18.5. The van der Waals surface area contributed by atoms with E-state index in [1.54, 1.807) is 0 Å². The number of oxazole rings is 1. The van der Waals surface area contributed by atoms with Crippen molar-refractivity contribution < 1.29 is 9.21 Å². The third-order valence-electron chi connectivity index (χ3n) is 3.96. The van der Waals surface area contributed by atoms with Crippen LogP contribution in [0.25, 0.3) is 0 Å². The van der Waals surface area contributed by atoms with Gasteiger partial charge in [0.1, 0.15) is 6.26 Å². The Morgan fingerprint density at radius 1 is 1.52 bits per heavy atom. The molecule has 6 heteroatoms. The molecule has 1 amide bonds. The summed E-state index contributed by atoms with van der Waals surface area (Å²) in [5, 5.41) is 5.84. The Morgan fingerprint density at radius 2 is 2.38 bits per heavy atom. The summed E-state index contributed by atoms with van der Waals surface area (Å²) in [7, 11) is 1.81. The molecular weight excluding hydrogens is 268 g/mol. The first-order valence-corrected chi connectivity index (χ1v) is 7.82.